The van der Waals surface area contributed by atoms with E-state index in [4.69, 9.17) is 10.6 Å². The van der Waals surface area contributed by atoms with Crippen molar-refractivity contribution in [2.75, 3.05) is 26.3 Å². The van der Waals surface area contributed by atoms with Crippen molar-refractivity contribution in [1.82, 2.24) is 15.3 Å². The summed E-state index contributed by atoms with van der Waals surface area (Å²) in [6.45, 7) is 12.3. The van der Waals surface area contributed by atoms with E-state index in [2.05, 4.69) is 43.0 Å². The lowest BCUT2D eigenvalue weighted by molar-refractivity contribution is -0.0322. The topological polar surface area (TPSA) is 63.4 Å². The smallest absolute Gasteiger partial charge is 0.0947 e. The number of hydrazine groups is 1. The molecule has 0 amide bonds. The molecule has 1 fully saturated rings. The Morgan fingerprint density at radius 3 is 2.57 bits per heavy atom. The van der Waals surface area contributed by atoms with Gasteiger partial charge in [-0.3, -0.25) is 16.2 Å². The van der Waals surface area contributed by atoms with E-state index in [1.165, 1.54) is 9.88 Å². The highest BCUT2D eigenvalue weighted by molar-refractivity contribution is 7.11. The van der Waals surface area contributed by atoms with E-state index in [0.29, 0.717) is 0 Å². The van der Waals surface area contributed by atoms with Crippen molar-refractivity contribution < 1.29 is 4.74 Å². The van der Waals surface area contributed by atoms with E-state index in [1.807, 2.05) is 0 Å². The number of nitrogens with two attached hydrogens (primary N) is 1. The third-order valence-corrected chi connectivity index (χ3v) is 5.95. The number of nitrogens with zero attached hydrogens (tertiary/aromatic N) is 2. The Bertz CT molecular complexity index is 439. The van der Waals surface area contributed by atoms with Gasteiger partial charge in [-0.25, -0.2) is 4.98 Å². The molecule has 2 unspecified atom stereocenters. The van der Waals surface area contributed by atoms with Crippen molar-refractivity contribution in [3.8, 4) is 0 Å². The fourth-order valence-electron chi connectivity index (χ4n) is 3.02. The van der Waals surface area contributed by atoms with Gasteiger partial charge in [0.2, 0.25) is 0 Å². The van der Waals surface area contributed by atoms with Gasteiger partial charge in [0.05, 0.1) is 23.9 Å². The Hall–Kier alpha value is -0.530. The number of aromatic nitrogens is 1. The van der Waals surface area contributed by atoms with Gasteiger partial charge in [-0.2, -0.15) is 0 Å². The number of aryl methyl sites for hydroxylation is 2. The molecule has 1 aromatic heterocycles. The van der Waals surface area contributed by atoms with Crippen LogP contribution in [0.25, 0.3) is 0 Å². The summed E-state index contributed by atoms with van der Waals surface area (Å²) in [6, 6.07) is 0.186. The largest absolute Gasteiger partial charge is 0.379 e. The fraction of sp³-hybridized carbons (Fsp3) is 0.800. The zero-order chi connectivity index (χ0) is 15.5. The van der Waals surface area contributed by atoms with Crippen molar-refractivity contribution in [2.45, 2.75) is 52.1 Å². The van der Waals surface area contributed by atoms with Crippen LogP contribution in [0.3, 0.4) is 0 Å². The van der Waals surface area contributed by atoms with Crippen LogP contribution in [-0.2, 0) is 11.2 Å². The molecule has 2 atom stereocenters. The standard InChI is InChI=1S/C15H28N4OS/c1-5-15(4,19-6-8-20-9-7-19)13(18-16)10-14-17-11(2)12(3)21-14/h13,18H,5-10,16H2,1-4H3. The zero-order valence-electron chi connectivity index (χ0n) is 13.6. The number of morpholine rings is 1. The Labute approximate surface area is 131 Å². The van der Waals surface area contributed by atoms with Crippen LogP contribution in [0, 0.1) is 13.8 Å². The molecule has 21 heavy (non-hydrogen) atoms. The summed E-state index contributed by atoms with van der Waals surface area (Å²) < 4.78 is 5.49. The second-order valence-corrected chi connectivity index (χ2v) is 7.27. The molecule has 0 spiro atoms. The summed E-state index contributed by atoms with van der Waals surface area (Å²) in [5.41, 5.74) is 4.21. The highest BCUT2D eigenvalue weighted by Crippen LogP contribution is 2.28. The van der Waals surface area contributed by atoms with Crippen molar-refractivity contribution in [1.29, 1.82) is 0 Å². The molecule has 0 aromatic carbocycles. The molecule has 0 radical (unpaired) electrons. The minimum atomic E-state index is 0.0199. The Kier molecular flexibility index (Phi) is 5.73. The predicted octanol–water partition coefficient (Wildman–Crippen LogP) is 1.64. The number of nitrogens with one attached hydrogen (secondary N) is 1. The molecule has 0 bridgehead atoms. The molecule has 2 rings (SSSR count). The molecule has 1 saturated heterocycles. The average Bonchev–Trinajstić information content (AvgIpc) is 2.83. The second kappa shape index (κ2) is 7.15. The van der Waals surface area contributed by atoms with Gasteiger partial charge in [0, 0.05) is 36.0 Å². The number of hydrogen-bond acceptors (Lipinski definition) is 6. The highest BCUT2D eigenvalue weighted by atomic mass is 32.1. The lowest BCUT2D eigenvalue weighted by Crippen LogP contribution is -2.63. The Balaban J connectivity index is 2.15. The first-order valence-corrected chi connectivity index (χ1v) is 8.54. The van der Waals surface area contributed by atoms with Crippen molar-refractivity contribution in [2.24, 2.45) is 5.84 Å². The second-order valence-electron chi connectivity index (χ2n) is 5.98. The molecule has 0 saturated carbocycles. The minimum Gasteiger partial charge on any atom is -0.379 e. The summed E-state index contributed by atoms with van der Waals surface area (Å²) >= 11 is 1.78. The van der Waals surface area contributed by atoms with E-state index < -0.39 is 0 Å². The summed E-state index contributed by atoms with van der Waals surface area (Å²) in [6.07, 6.45) is 1.92. The maximum atomic E-state index is 5.90. The van der Waals surface area contributed by atoms with Crippen LogP contribution < -0.4 is 11.3 Å². The van der Waals surface area contributed by atoms with Gasteiger partial charge in [0.25, 0.3) is 0 Å². The van der Waals surface area contributed by atoms with E-state index >= 15 is 0 Å². The number of rotatable bonds is 6. The molecule has 1 aromatic rings. The number of ether oxygens (including phenoxy) is 1. The van der Waals surface area contributed by atoms with E-state index in [9.17, 15) is 0 Å². The van der Waals surface area contributed by atoms with Crippen LogP contribution in [0.1, 0.15) is 35.8 Å². The third kappa shape index (κ3) is 3.63. The van der Waals surface area contributed by atoms with Crippen LogP contribution in [-0.4, -0.2) is 47.8 Å². The Morgan fingerprint density at radius 2 is 2.10 bits per heavy atom. The van der Waals surface area contributed by atoms with Gasteiger partial charge in [0.15, 0.2) is 0 Å². The van der Waals surface area contributed by atoms with E-state index in [1.54, 1.807) is 11.3 Å². The third-order valence-electron chi connectivity index (χ3n) is 4.85. The minimum absolute atomic E-state index is 0.0199. The van der Waals surface area contributed by atoms with Crippen LogP contribution in [0.4, 0.5) is 0 Å². The molecular formula is C15H28N4OS. The molecular weight excluding hydrogens is 284 g/mol. The number of hydrogen-bond donors (Lipinski definition) is 2. The molecule has 5 nitrogen and oxygen atoms in total. The van der Waals surface area contributed by atoms with Crippen molar-refractivity contribution in [3.63, 3.8) is 0 Å². The lowest BCUT2D eigenvalue weighted by atomic mass is 9.85. The SMILES string of the molecule is CCC(C)(C(Cc1nc(C)c(C)s1)NN)N1CCOCC1. The summed E-state index contributed by atoms with van der Waals surface area (Å²) in [5, 5.41) is 1.17. The molecule has 6 heteroatoms. The summed E-state index contributed by atoms with van der Waals surface area (Å²) in [4.78, 5) is 8.48. The van der Waals surface area contributed by atoms with Crippen LogP contribution in [0.2, 0.25) is 0 Å². The first kappa shape index (κ1) is 16.8. The van der Waals surface area contributed by atoms with E-state index in [-0.39, 0.29) is 11.6 Å². The molecule has 120 valence electrons. The van der Waals surface area contributed by atoms with Crippen molar-refractivity contribution in [3.05, 3.63) is 15.6 Å². The number of thiazole rings is 1. The quantitative estimate of drug-likeness (QED) is 0.617. The Morgan fingerprint density at radius 1 is 1.43 bits per heavy atom. The maximum absolute atomic E-state index is 5.90. The van der Waals surface area contributed by atoms with Crippen LogP contribution in [0.15, 0.2) is 0 Å². The van der Waals surface area contributed by atoms with Gasteiger partial charge >= 0.3 is 0 Å². The van der Waals surface area contributed by atoms with Gasteiger partial charge in [-0.15, -0.1) is 11.3 Å². The van der Waals surface area contributed by atoms with Gasteiger partial charge < -0.3 is 4.74 Å². The molecule has 1 aliphatic rings. The average molecular weight is 312 g/mol. The molecule has 1 aliphatic heterocycles. The van der Waals surface area contributed by atoms with Crippen LogP contribution in [0.5, 0.6) is 0 Å². The highest BCUT2D eigenvalue weighted by Gasteiger charge is 2.39. The maximum Gasteiger partial charge on any atom is 0.0947 e. The van der Waals surface area contributed by atoms with Gasteiger partial charge in [-0.05, 0) is 27.2 Å². The van der Waals surface area contributed by atoms with Crippen molar-refractivity contribution >= 4 is 11.3 Å². The summed E-state index contributed by atoms with van der Waals surface area (Å²) in [5.74, 6) is 5.90. The summed E-state index contributed by atoms with van der Waals surface area (Å²) in [7, 11) is 0. The fourth-order valence-corrected chi connectivity index (χ4v) is 4.00. The van der Waals surface area contributed by atoms with E-state index in [0.717, 1.165) is 44.8 Å². The first-order chi connectivity index (χ1) is 10.0. The molecule has 3 N–H and O–H groups in total. The van der Waals surface area contributed by atoms with Crippen LogP contribution >= 0.6 is 11.3 Å². The van der Waals surface area contributed by atoms with Gasteiger partial charge in [-0.1, -0.05) is 6.92 Å². The normalized spacial score (nSPS) is 21.2. The van der Waals surface area contributed by atoms with Gasteiger partial charge in [0.1, 0.15) is 0 Å². The molecule has 0 aliphatic carbocycles. The first-order valence-electron chi connectivity index (χ1n) is 7.73. The lowest BCUT2D eigenvalue weighted by Gasteiger charge is -2.47. The predicted molar refractivity (Wildman–Crippen MR) is 87.5 cm³/mol. The molecule has 2 heterocycles. The zero-order valence-corrected chi connectivity index (χ0v) is 14.4. The monoisotopic (exact) mass is 312 g/mol.